The van der Waals surface area contributed by atoms with Gasteiger partial charge in [0, 0.05) is 43.1 Å². The Hall–Kier alpha value is -1.85. The van der Waals surface area contributed by atoms with Crippen molar-refractivity contribution >= 4 is 5.69 Å². The Kier molecular flexibility index (Phi) is 5.76. The maximum absolute atomic E-state index is 9.18. The summed E-state index contributed by atoms with van der Waals surface area (Å²) in [5.41, 5.74) is 6.27. The lowest BCUT2D eigenvalue weighted by atomic mass is 10.1. The van der Waals surface area contributed by atoms with Gasteiger partial charge in [-0.3, -0.25) is 9.58 Å². The molecule has 0 spiro atoms. The van der Waals surface area contributed by atoms with Crippen molar-refractivity contribution in [2.45, 2.75) is 46.3 Å². The van der Waals surface area contributed by atoms with Crippen molar-refractivity contribution < 1.29 is 5.11 Å². The molecule has 0 bridgehead atoms. The number of anilines is 1. The second-order valence-electron chi connectivity index (χ2n) is 7.09. The molecule has 0 radical (unpaired) electrons. The fourth-order valence-electron chi connectivity index (χ4n) is 3.80. The Morgan fingerprint density at radius 3 is 2.56 bits per heavy atom. The van der Waals surface area contributed by atoms with E-state index in [0.717, 1.165) is 24.5 Å². The van der Waals surface area contributed by atoms with Crippen molar-refractivity contribution in [2.24, 2.45) is 0 Å². The molecule has 0 atom stereocenters. The van der Waals surface area contributed by atoms with Gasteiger partial charge in [0.1, 0.15) is 0 Å². The number of para-hydroxylation sites is 1. The summed E-state index contributed by atoms with van der Waals surface area (Å²) >= 11 is 0. The molecule has 1 aromatic carbocycles. The summed E-state index contributed by atoms with van der Waals surface area (Å²) in [6.07, 6.45) is 2.60. The molecule has 3 rings (SSSR count). The number of benzene rings is 1. The highest BCUT2D eigenvalue weighted by molar-refractivity contribution is 5.54. The Bertz CT molecular complexity index is 704. The fourth-order valence-corrected chi connectivity index (χ4v) is 3.80. The molecule has 5 heteroatoms. The molecule has 1 N–H and O–H groups in total. The van der Waals surface area contributed by atoms with E-state index in [-0.39, 0.29) is 6.61 Å². The minimum absolute atomic E-state index is 0.125. The maximum Gasteiger partial charge on any atom is 0.0644 e. The molecule has 136 valence electrons. The van der Waals surface area contributed by atoms with Gasteiger partial charge >= 0.3 is 0 Å². The quantitative estimate of drug-likeness (QED) is 0.840. The van der Waals surface area contributed by atoms with Crippen LogP contribution in [-0.2, 0) is 19.6 Å². The van der Waals surface area contributed by atoms with Crippen LogP contribution in [0.15, 0.2) is 24.3 Å². The van der Waals surface area contributed by atoms with Crippen LogP contribution >= 0.6 is 0 Å². The van der Waals surface area contributed by atoms with E-state index in [4.69, 9.17) is 0 Å². The van der Waals surface area contributed by atoms with Crippen LogP contribution in [0.5, 0.6) is 0 Å². The Morgan fingerprint density at radius 1 is 1.12 bits per heavy atom. The zero-order valence-corrected chi connectivity index (χ0v) is 15.7. The van der Waals surface area contributed by atoms with Gasteiger partial charge in [0.05, 0.1) is 18.8 Å². The zero-order valence-electron chi connectivity index (χ0n) is 15.7. The largest absolute Gasteiger partial charge is 0.394 e. The number of hydrogen-bond acceptors (Lipinski definition) is 4. The lowest BCUT2D eigenvalue weighted by Gasteiger charge is -2.24. The van der Waals surface area contributed by atoms with E-state index in [1.54, 1.807) is 0 Å². The van der Waals surface area contributed by atoms with Gasteiger partial charge in [-0.2, -0.15) is 5.10 Å². The second-order valence-corrected chi connectivity index (χ2v) is 7.09. The van der Waals surface area contributed by atoms with E-state index in [9.17, 15) is 5.11 Å². The van der Waals surface area contributed by atoms with Crippen LogP contribution in [-0.4, -0.2) is 46.5 Å². The number of rotatable bonds is 7. The van der Waals surface area contributed by atoms with Gasteiger partial charge in [-0.05, 0) is 45.4 Å². The number of nitrogens with zero attached hydrogens (tertiary/aromatic N) is 4. The molecule has 0 amide bonds. The molecule has 0 unspecified atom stereocenters. The molecular weight excluding hydrogens is 312 g/mol. The van der Waals surface area contributed by atoms with Crippen LogP contribution < -0.4 is 4.90 Å². The van der Waals surface area contributed by atoms with Crippen molar-refractivity contribution in [1.29, 1.82) is 0 Å². The topological polar surface area (TPSA) is 44.5 Å². The minimum atomic E-state index is 0.125. The van der Waals surface area contributed by atoms with Gasteiger partial charge in [0.25, 0.3) is 0 Å². The molecular formula is C20H30N4O. The summed E-state index contributed by atoms with van der Waals surface area (Å²) in [5.74, 6) is 0. The molecule has 5 nitrogen and oxygen atoms in total. The van der Waals surface area contributed by atoms with Crippen molar-refractivity contribution in [2.75, 3.05) is 31.6 Å². The van der Waals surface area contributed by atoms with Crippen molar-refractivity contribution in [1.82, 2.24) is 14.7 Å². The third kappa shape index (κ3) is 4.05. The standard InChI is InChI=1S/C20H30N4O/c1-16-19(17(2)24(21-16)12-13-25)15-22(3)14-18-8-4-5-9-20(18)23-10-6-7-11-23/h4-5,8-9,25H,6-7,10-15H2,1-3H3. The summed E-state index contributed by atoms with van der Waals surface area (Å²) in [6, 6.07) is 8.78. The van der Waals surface area contributed by atoms with Crippen LogP contribution in [0.25, 0.3) is 0 Å². The number of aliphatic hydroxyl groups excluding tert-OH is 1. The lowest BCUT2D eigenvalue weighted by Crippen LogP contribution is -2.23. The van der Waals surface area contributed by atoms with Gasteiger partial charge in [0.15, 0.2) is 0 Å². The smallest absolute Gasteiger partial charge is 0.0644 e. The number of aromatic nitrogens is 2. The minimum Gasteiger partial charge on any atom is -0.394 e. The van der Waals surface area contributed by atoms with Crippen LogP contribution in [0.2, 0.25) is 0 Å². The first kappa shape index (κ1) is 18.0. The van der Waals surface area contributed by atoms with E-state index < -0.39 is 0 Å². The van der Waals surface area contributed by atoms with Crippen molar-refractivity contribution in [3.8, 4) is 0 Å². The van der Waals surface area contributed by atoms with E-state index in [1.807, 2.05) is 4.68 Å². The first-order valence-corrected chi connectivity index (χ1v) is 9.25. The highest BCUT2D eigenvalue weighted by Gasteiger charge is 2.17. The molecule has 0 aliphatic carbocycles. The molecule has 1 aliphatic rings. The van der Waals surface area contributed by atoms with Crippen LogP contribution in [0.4, 0.5) is 5.69 Å². The summed E-state index contributed by atoms with van der Waals surface area (Å²) in [5, 5.41) is 13.7. The van der Waals surface area contributed by atoms with E-state index >= 15 is 0 Å². The third-order valence-corrected chi connectivity index (χ3v) is 5.15. The Balaban J connectivity index is 1.72. The predicted octanol–water partition coefficient (Wildman–Crippen LogP) is 2.72. The zero-order chi connectivity index (χ0) is 17.8. The average Bonchev–Trinajstić information content (AvgIpc) is 3.21. The third-order valence-electron chi connectivity index (χ3n) is 5.15. The SMILES string of the molecule is Cc1nn(CCO)c(C)c1CN(C)Cc1ccccc1N1CCCC1. The Morgan fingerprint density at radius 2 is 1.84 bits per heavy atom. The molecule has 1 saturated heterocycles. The average molecular weight is 342 g/mol. The first-order valence-electron chi connectivity index (χ1n) is 9.25. The highest BCUT2D eigenvalue weighted by Crippen LogP contribution is 2.26. The molecule has 1 aliphatic heterocycles. The summed E-state index contributed by atoms with van der Waals surface area (Å²) in [6.45, 7) is 8.99. The Labute approximate surface area is 150 Å². The van der Waals surface area contributed by atoms with E-state index in [1.165, 1.54) is 42.7 Å². The summed E-state index contributed by atoms with van der Waals surface area (Å²) in [4.78, 5) is 4.87. The molecule has 1 aromatic heterocycles. The van der Waals surface area contributed by atoms with Crippen LogP contribution in [0.1, 0.15) is 35.4 Å². The first-order chi connectivity index (χ1) is 12.1. The number of aryl methyl sites for hydroxylation is 1. The summed E-state index contributed by atoms with van der Waals surface area (Å²) < 4.78 is 1.91. The monoisotopic (exact) mass is 342 g/mol. The fraction of sp³-hybridized carbons (Fsp3) is 0.550. The van der Waals surface area contributed by atoms with Crippen LogP contribution in [0.3, 0.4) is 0 Å². The van der Waals surface area contributed by atoms with Crippen molar-refractivity contribution in [3.63, 3.8) is 0 Å². The van der Waals surface area contributed by atoms with Crippen LogP contribution in [0, 0.1) is 13.8 Å². The molecule has 0 saturated carbocycles. The van der Waals surface area contributed by atoms with Gasteiger partial charge < -0.3 is 10.0 Å². The lowest BCUT2D eigenvalue weighted by molar-refractivity contribution is 0.267. The van der Waals surface area contributed by atoms with Crippen molar-refractivity contribution in [3.05, 3.63) is 46.8 Å². The van der Waals surface area contributed by atoms with E-state index in [0.29, 0.717) is 6.54 Å². The highest BCUT2D eigenvalue weighted by atomic mass is 16.3. The number of hydrogen-bond donors (Lipinski definition) is 1. The predicted molar refractivity (Wildman–Crippen MR) is 102 cm³/mol. The molecule has 2 heterocycles. The van der Waals surface area contributed by atoms with Gasteiger partial charge in [-0.25, -0.2) is 0 Å². The van der Waals surface area contributed by atoms with Gasteiger partial charge in [-0.15, -0.1) is 0 Å². The van der Waals surface area contributed by atoms with E-state index in [2.05, 4.69) is 60.1 Å². The van der Waals surface area contributed by atoms with Gasteiger partial charge in [0.2, 0.25) is 0 Å². The van der Waals surface area contributed by atoms with Gasteiger partial charge in [-0.1, -0.05) is 18.2 Å². The summed E-state index contributed by atoms with van der Waals surface area (Å²) in [7, 11) is 2.17. The molecule has 25 heavy (non-hydrogen) atoms. The number of aliphatic hydroxyl groups is 1. The normalized spacial score (nSPS) is 14.7. The second kappa shape index (κ2) is 8.02. The molecule has 1 fully saturated rings. The maximum atomic E-state index is 9.18. The molecule has 2 aromatic rings.